The van der Waals surface area contributed by atoms with Crippen molar-refractivity contribution in [2.45, 2.75) is 37.8 Å². The second kappa shape index (κ2) is 9.32. The lowest BCUT2D eigenvalue weighted by atomic mass is 10.0. The van der Waals surface area contributed by atoms with E-state index in [2.05, 4.69) is 46.4 Å². The number of nitrogens with zero attached hydrogens (tertiary/aromatic N) is 2. The number of amides is 1. The van der Waals surface area contributed by atoms with E-state index < -0.39 is 0 Å². The summed E-state index contributed by atoms with van der Waals surface area (Å²) in [6.07, 6.45) is 3.57. The molecule has 0 aliphatic carbocycles. The minimum absolute atomic E-state index is 0.0201. The van der Waals surface area contributed by atoms with Crippen LogP contribution in [0.4, 0.5) is 0 Å². The molecule has 25 heavy (non-hydrogen) atoms. The minimum Gasteiger partial charge on any atom is -0.375 e. The first-order chi connectivity index (χ1) is 12.2. The minimum atomic E-state index is 0.0201. The Balaban J connectivity index is 1.61. The van der Waals surface area contributed by atoms with Crippen LogP contribution in [-0.2, 0) is 16.0 Å². The summed E-state index contributed by atoms with van der Waals surface area (Å²) in [4.78, 5) is 17.5. The van der Waals surface area contributed by atoms with Gasteiger partial charge in [-0.25, -0.2) is 0 Å². The molecular formula is C20H31N3O2. The summed E-state index contributed by atoms with van der Waals surface area (Å²) in [5.41, 5.74) is 1.30. The second-order valence-electron chi connectivity index (χ2n) is 7.26. The normalized spacial score (nSPS) is 22.7. The van der Waals surface area contributed by atoms with Gasteiger partial charge in [-0.3, -0.25) is 4.79 Å². The molecule has 138 valence electrons. The standard InChI is InChI=1S/C20H31N3O2/c1-22-11-8-18(9-12-22)23(13-7-17-5-3-2-4-6-17)20(24)15-19-16-21-10-14-25-19/h2-6,18-19,21H,7-16H2,1H3. The van der Waals surface area contributed by atoms with Gasteiger partial charge in [0, 0.05) is 25.7 Å². The number of carbonyl (C=O) groups is 1. The summed E-state index contributed by atoms with van der Waals surface area (Å²) < 4.78 is 5.75. The molecule has 1 unspecified atom stereocenters. The fourth-order valence-corrected chi connectivity index (χ4v) is 3.77. The number of hydrogen-bond acceptors (Lipinski definition) is 4. The Labute approximate surface area is 151 Å². The lowest BCUT2D eigenvalue weighted by Gasteiger charge is -2.38. The van der Waals surface area contributed by atoms with Crippen LogP contribution in [0.15, 0.2) is 30.3 Å². The van der Waals surface area contributed by atoms with Gasteiger partial charge in [0.05, 0.1) is 19.1 Å². The highest BCUT2D eigenvalue weighted by Crippen LogP contribution is 2.19. The Morgan fingerprint density at radius 3 is 2.72 bits per heavy atom. The van der Waals surface area contributed by atoms with Gasteiger partial charge >= 0.3 is 0 Å². The number of morpholine rings is 1. The lowest BCUT2D eigenvalue weighted by Crippen LogP contribution is -2.49. The van der Waals surface area contributed by atoms with Crippen LogP contribution < -0.4 is 5.32 Å². The molecule has 2 saturated heterocycles. The average Bonchev–Trinajstić information content (AvgIpc) is 2.65. The van der Waals surface area contributed by atoms with Crippen LogP contribution >= 0.6 is 0 Å². The molecule has 0 radical (unpaired) electrons. The molecule has 5 heteroatoms. The Hall–Kier alpha value is -1.43. The lowest BCUT2D eigenvalue weighted by molar-refractivity contribution is -0.138. The van der Waals surface area contributed by atoms with Gasteiger partial charge in [0.25, 0.3) is 0 Å². The molecule has 1 amide bonds. The van der Waals surface area contributed by atoms with Crippen molar-refractivity contribution in [3.63, 3.8) is 0 Å². The molecule has 0 spiro atoms. The predicted molar refractivity (Wildman–Crippen MR) is 99.6 cm³/mol. The van der Waals surface area contributed by atoms with Crippen LogP contribution in [0.5, 0.6) is 0 Å². The number of nitrogens with one attached hydrogen (secondary N) is 1. The first-order valence-electron chi connectivity index (χ1n) is 9.56. The average molecular weight is 345 g/mol. The largest absolute Gasteiger partial charge is 0.375 e. The zero-order valence-electron chi connectivity index (χ0n) is 15.3. The van der Waals surface area contributed by atoms with E-state index in [0.717, 1.165) is 52.0 Å². The molecule has 5 nitrogen and oxygen atoms in total. The number of hydrogen-bond donors (Lipinski definition) is 1. The van der Waals surface area contributed by atoms with Crippen LogP contribution in [0.2, 0.25) is 0 Å². The maximum atomic E-state index is 13.0. The van der Waals surface area contributed by atoms with Crippen LogP contribution in [0.25, 0.3) is 0 Å². The maximum Gasteiger partial charge on any atom is 0.225 e. The summed E-state index contributed by atoms with van der Waals surface area (Å²) in [6, 6.07) is 10.8. The van der Waals surface area contributed by atoms with Gasteiger partial charge < -0.3 is 19.9 Å². The molecule has 2 aliphatic heterocycles. The van der Waals surface area contributed by atoms with Gasteiger partial charge in [-0.15, -0.1) is 0 Å². The third-order valence-corrected chi connectivity index (χ3v) is 5.34. The molecule has 0 saturated carbocycles. The Morgan fingerprint density at radius 1 is 1.28 bits per heavy atom. The van der Waals surface area contributed by atoms with Crippen molar-refractivity contribution in [1.29, 1.82) is 0 Å². The smallest absolute Gasteiger partial charge is 0.225 e. The molecule has 2 fully saturated rings. The number of carbonyl (C=O) groups excluding carboxylic acids is 1. The summed E-state index contributed by atoms with van der Waals surface area (Å²) in [5, 5.41) is 3.32. The van der Waals surface area contributed by atoms with E-state index in [1.165, 1.54) is 5.56 Å². The van der Waals surface area contributed by atoms with Crippen molar-refractivity contribution in [3.05, 3.63) is 35.9 Å². The van der Waals surface area contributed by atoms with Crippen molar-refractivity contribution in [3.8, 4) is 0 Å². The number of benzene rings is 1. The first-order valence-corrected chi connectivity index (χ1v) is 9.56. The van der Waals surface area contributed by atoms with Crippen molar-refractivity contribution in [1.82, 2.24) is 15.1 Å². The highest BCUT2D eigenvalue weighted by Gasteiger charge is 2.28. The van der Waals surface area contributed by atoms with E-state index in [-0.39, 0.29) is 12.0 Å². The monoisotopic (exact) mass is 345 g/mol. The number of rotatable bonds is 6. The van der Waals surface area contributed by atoms with E-state index in [9.17, 15) is 4.79 Å². The molecule has 1 aromatic carbocycles. The molecule has 1 atom stereocenters. The van der Waals surface area contributed by atoms with Crippen molar-refractivity contribution in [2.24, 2.45) is 0 Å². The quantitative estimate of drug-likeness (QED) is 0.849. The molecule has 0 bridgehead atoms. The van der Waals surface area contributed by atoms with E-state index >= 15 is 0 Å². The SMILES string of the molecule is CN1CCC(N(CCc2ccccc2)C(=O)CC2CNCCO2)CC1. The van der Waals surface area contributed by atoms with Gasteiger partial charge in [0.15, 0.2) is 0 Å². The Morgan fingerprint density at radius 2 is 2.04 bits per heavy atom. The molecule has 1 aromatic rings. The van der Waals surface area contributed by atoms with E-state index in [4.69, 9.17) is 4.74 Å². The second-order valence-corrected chi connectivity index (χ2v) is 7.26. The fourth-order valence-electron chi connectivity index (χ4n) is 3.77. The number of likely N-dealkylation sites (tertiary alicyclic amines) is 1. The summed E-state index contributed by atoms with van der Waals surface area (Å²) in [5.74, 6) is 0.249. The summed E-state index contributed by atoms with van der Waals surface area (Å²) >= 11 is 0. The Kier molecular flexibility index (Phi) is 6.84. The van der Waals surface area contributed by atoms with Crippen LogP contribution in [-0.4, -0.2) is 74.2 Å². The van der Waals surface area contributed by atoms with Gasteiger partial charge in [-0.1, -0.05) is 30.3 Å². The third kappa shape index (κ3) is 5.53. The maximum absolute atomic E-state index is 13.0. The number of ether oxygens (including phenoxy) is 1. The van der Waals surface area contributed by atoms with Gasteiger partial charge in [-0.05, 0) is 45.0 Å². The molecule has 1 N–H and O–H groups in total. The highest BCUT2D eigenvalue weighted by atomic mass is 16.5. The summed E-state index contributed by atoms with van der Waals surface area (Å²) in [6.45, 7) is 5.32. The first kappa shape index (κ1) is 18.4. The topological polar surface area (TPSA) is 44.8 Å². The summed E-state index contributed by atoms with van der Waals surface area (Å²) in [7, 11) is 2.16. The van der Waals surface area contributed by atoms with Crippen LogP contribution in [0, 0.1) is 0 Å². The van der Waals surface area contributed by atoms with E-state index in [1.54, 1.807) is 0 Å². The Bertz CT molecular complexity index is 523. The molecular weight excluding hydrogens is 314 g/mol. The van der Waals surface area contributed by atoms with E-state index in [0.29, 0.717) is 19.1 Å². The molecule has 3 rings (SSSR count). The fraction of sp³-hybridized carbons (Fsp3) is 0.650. The van der Waals surface area contributed by atoms with Crippen LogP contribution in [0.1, 0.15) is 24.8 Å². The van der Waals surface area contributed by atoms with Crippen molar-refractivity contribution < 1.29 is 9.53 Å². The third-order valence-electron chi connectivity index (χ3n) is 5.34. The molecule has 0 aromatic heterocycles. The van der Waals surface area contributed by atoms with E-state index in [1.807, 2.05) is 6.07 Å². The van der Waals surface area contributed by atoms with Crippen molar-refractivity contribution >= 4 is 5.91 Å². The van der Waals surface area contributed by atoms with Gasteiger partial charge in [0.2, 0.25) is 5.91 Å². The van der Waals surface area contributed by atoms with Gasteiger partial charge in [0.1, 0.15) is 0 Å². The number of piperidine rings is 1. The molecule has 2 aliphatic rings. The zero-order chi connectivity index (χ0) is 17.5. The van der Waals surface area contributed by atoms with Gasteiger partial charge in [-0.2, -0.15) is 0 Å². The highest BCUT2D eigenvalue weighted by molar-refractivity contribution is 5.77. The zero-order valence-corrected chi connectivity index (χ0v) is 15.3. The van der Waals surface area contributed by atoms with Crippen LogP contribution in [0.3, 0.4) is 0 Å². The predicted octanol–water partition coefficient (Wildman–Crippen LogP) is 1.53. The molecule has 2 heterocycles. The van der Waals surface area contributed by atoms with Crippen molar-refractivity contribution in [2.75, 3.05) is 46.4 Å².